The molecule has 5 nitrogen and oxygen atoms in total. The molecule has 2 aromatic rings. The lowest BCUT2D eigenvalue weighted by molar-refractivity contribution is 0.410. The highest BCUT2D eigenvalue weighted by Crippen LogP contribution is 2.41. The van der Waals surface area contributed by atoms with Crippen LogP contribution in [-0.2, 0) is 10.0 Å². The van der Waals surface area contributed by atoms with Gasteiger partial charge in [-0.15, -0.1) is 0 Å². The van der Waals surface area contributed by atoms with E-state index in [1.165, 1.54) is 0 Å². The second-order valence-corrected chi connectivity index (χ2v) is 7.92. The number of rotatable bonds is 7. The van der Waals surface area contributed by atoms with Crippen LogP contribution >= 0.6 is 0 Å². The molecule has 6 heteroatoms. The standard InChI is InChI=1S/C19H25NO4S/c1-5-11-20-25(22,23)14-9-10-15(16(12-14)13(2)3)19-17(21)7-6-8-18(19)24-4/h6-10,12-13,20-21H,5,11H2,1-4H3. The van der Waals surface area contributed by atoms with Gasteiger partial charge in [-0.05, 0) is 47.7 Å². The van der Waals surface area contributed by atoms with E-state index in [4.69, 9.17) is 4.74 Å². The zero-order valence-corrected chi connectivity index (χ0v) is 15.9. The summed E-state index contributed by atoms with van der Waals surface area (Å²) in [5.74, 6) is 0.711. The summed E-state index contributed by atoms with van der Waals surface area (Å²) >= 11 is 0. The number of aromatic hydroxyl groups is 1. The van der Waals surface area contributed by atoms with Crippen LogP contribution in [0.5, 0.6) is 11.5 Å². The molecule has 0 aliphatic rings. The molecule has 0 unspecified atom stereocenters. The number of nitrogens with one attached hydrogen (secondary N) is 1. The molecule has 2 rings (SSSR count). The smallest absolute Gasteiger partial charge is 0.240 e. The Bertz CT molecular complexity index is 844. The van der Waals surface area contributed by atoms with Gasteiger partial charge in [0.15, 0.2) is 0 Å². The maximum Gasteiger partial charge on any atom is 0.240 e. The second kappa shape index (κ2) is 7.89. The number of phenols is 1. The van der Waals surface area contributed by atoms with Gasteiger partial charge in [0.2, 0.25) is 10.0 Å². The summed E-state index contributed by atoms with van der Waals surface area (Å²) in [6.07, 6.45) is 0.726. The van der Waals surface area contributed by atoms with Gasteiger partial charge in [-0.2, -0.15) is 0 Å². The monoisotopic (exact) mass is 363 g/mol. The molecular formula is C19H25NO4S. The van der Waals surface area contributed by atoms with Crippen molar-refractivity contribution < 1.29 is 18.3 Å². The molecule has 0 heterocycles. The molecule has 136 valence electrons. The van der Waals surface area contributed by atoms with Crippen molar-refractivity contribution in [3.05, 3.63) is 42.0 Å². The van der Waals surface area contributed by atoms with E-state index in [0.29, 0.717) is 17.9 Å². The highest BCUT2D eigenvalue weighted by Gasteiger charge is 2.20. The van der Waals surface area contributed by atoms with E-state index in [1.807, 2.05) is 20.8 Å². The van der Waals surface area contributed by atoms with Crippen LogP contribution in [0.4, 0.5) is 0 Å². The molecular weight excluding hydrogens is 338 g/mol. The molecule has 0 aromatic heterocycles. The average molecular weight is 363 g/mol. The number of hydrogen-bond donors (Lipinski definition) is 2. The Morgan fingerprint density at radius 2 is 1.92 bits per heavy atom. The fraction of sp³-hybridized carbons (Fsp3) is 0.368. The molecule has 0 aliphatic heterocycles. The van der Waals surface area contributed by atoms with Crippen LogP contribution < -0.4 is 9.46 Å². The molecule has 0 radical (unpaired) electrons. The summed E-state index contributed by atoms with van der Waals surface area (Å²) in [7, 11) is -2.00. The van der Waals surface area contributed by atoms with Gasteiger partial charge in [0, 0.05) is 6.54 Å². The summed E-state index contributed by atoms with van der Waals surface area (Å²) in [5.41, 5.74) is 2.16. The lowest BCUT2D eigenvalue weighted by Crippen LogP contribution is -2.24. The van der Waals surface area contributed by atoms with Crippen molar-refractivity contribution in [1.82, 2.24) is 4.72 Å². The fourth-order valence-electron chi connectivity index (χ4n) is 2.69. The van der Waals surface area contributed by atoms with Gasteiger partial charge in [0.25, 0.3) is 0 Å². The zero-order chi connectivity index (χ0) is 18.6. The Balaban J connectivity index is 2.63. The first-order valence-electron chi connectivity index (χ1n) is 8.31. The molecule has 0 bridgehead atoms. The summed E-state index contributed by atoms with van der Waals surface area (Å²) in [5, 5.41) is 10.3. The Hall–Kier alpha value is -2.05. The Morgan fingerprint density at radius 3 is 2.52 bits per heavy atom. The van der Waals surface area contributed by atoms with Gasteiger partial charge >= 0.3 is 0 Å². The first-order chi connectivity index (χ1) is 11.8. The number of phenolic OH excluding ortho intramolecular Hbond substituents is 1. The third-order valence-corrected chi connectivity index (χ3v) is 5.45. The van der Waals surface area contributed by atoms with Crippen LogP contribution in [0.25, 0.3) is 11.1 Å². The van der Waals surface area contributed by atoms with Crippen molar-refractivity contribution in [2.24, 2.45) is 0 Å². The van der Waals surface area contributed by atoms with E-state index in [0.717, 1.165) is 17.5 Å². The molecule has 0 aliphatic carbocycles. The number of ether oxygens (including phenoxy) is 1. The maximum absolute atomic E-state index is 12.4. The molecule has 0 saturated carbocycles. The molecule has 0 spiro atoms. The number of sulfonamides is 1. The largest absolute Gasteiger partial charge is 0.507 e. The summed E-state index contributed by atoms with van der Waals surface area (Å²) in [6.45, 7) is 6.28. The lowest BCUT2D eigenvalue weighted by Gasteiger charge is -2.18. The first-order valence-corrected chi connectivity index (χ1v) is 9.80. The number of benzene rings is 2. The molecule has 0 saturated heterocycles. The van der Waals surface area contributed by atoms with Gasteiger partial charge < -0.3 is 9.84 Å². The molecule has 2 aromatic carbocycles. The Morgan fingerprint density at radius 1 is 1.20 bits per heavy atom. The van der Waals surface area contributed by atoms with Crippen LogP contribution in [0.2, 0.25) is 0 Å². The van der Waals surface area contributed by atoms with Crippen molar-refractivity contribution in [3.8, 4) is 22.6 Å². The third-order valence-electron chi connectivity index (χ3n) is 3.99. The minimum Gasteiger partial charge on any atom is -0.507 e. The van der Waals surface area contributed by atoms with Gasteiger partial charge in [0.05, 0.1) is 17.6 Å². The maximum atomic E-state index is 12.4. The van der Waals surface area contributed by atoms with E-state index in [2.05, 4.69) is 4.72 Å². The lowest BCUT2D eigenvalue weighted by atomic mass is 9.91. The number of hydrogen-bond acceptors (Lipinski definition) is 4. The van der Waals surface area contributed by atoms with Gasteiger partial charge in [-0.1, -0.05) is 32.9 Å². The molecule has 0 atom stereocenters. The van der Waals surface area contributed by atoms with Crippen LogP contribution in [-0.4, -0.2) is 27.2 Å². The van der Waals surface area contributed by atoms with Crippen LogP contribution in [0.3, 0.4) is 0 Å². The van der Waals surface area contributed by atoms with Gasteiger partial charge in [0.1, 0.15) is 11.5 Å². The number of methoxy groups -OCH3 is 1. The normalized spacial score (nSPS) is 11.7. The Kier molecular flexibility index (Phi) is 6.08. The average Bonchev–Trinajstić information content (AvgIpc) is 2.59. The molecule has 2 N–H and O–H groups in total. The van der Waals surface area contributed by atoms with Crippen molar-refractivity contribution in [2.45, 2.75) is 38.0 Å². The quantitative estimate of drug-likeness (QED) is 0.783. The van der Waals surface area contributed by atoms with E-state index in [9.17, 15) is 13.5 Å². The SMILES string of the molecule is CCCNS(=O)(=O)c1ccc(-c2c(O)cccc2OC)c(C(C)C)c1. The minimum absolute atomic E-state index is 0.0700. The van der Waals surface area contributed by atoms with Crippen LogP contribution in [0.15, 0.2) is 41.3 Å². The highest BCUT2D eigenvalue weighted by molar-refractivity contribution is 7.89. The summed E-state index contributed by atoms with van der Waals surface area (Å²) in [6, 6.07) is 10.0. The topological polar surface area (TPSA) is 75.6 Å². The van der Waals surface area contributed by atoms with E-state index >= 15 is 0 Å². The highest BCUT2D eigenvalue weighted by atomic mass is 32.2. The second-order valence-electron chi connectivity index (χ2n) is 6.16. The van der Waals surface area contributed by atoms with Crippen molar-refractivity contribution >= 4 is 10.0 Å². The van der Waals surface area contributed by atoms with Crippen LogP contribution in [0.1, 0.15) is 38.7 Å². The summed E-state index contributed by atoms with van der Waals surface area (Å²) < 4.78 is 32.8. The minimum atomic E-state index is -3.55. The van der Waals surface area contributed by atoms with E-state index in [-0.39, 0.29) is 16.6 Å². The van der Waals surface area contributed by atoms with Crippen LogP contribution in [0, 0.1) is 0 Å². The van der Waals surface area contributed by atoms with Gasteiger partial charge in [-0.25, -0.2) is 13.1 Å². The van der Waals surface area contributed by atoms with E-state index < -0.39 is 10.0 Å². The molecule has 25 heavy (non-hydrogen) atoms. The molecule has 0 amide bonds. The third kappa shape index (κ3) is 4.14. The first kappa shape index (κ1) is 19.3. The van der Waals surface area contributed by atoms with Crippen molar-refractivity contribution in [1.29, 1.82) is 0 Å². The van der Waals surface area contributed by atoms with Crippen molar-refractivity contribution in [2.75, 3.05) is 13.7 Å². The van der Waals surface area contributed by atoms with Gasteiger partial charge in [-0.3, -0.25) is 0 Å². The predicted molar refractivity (Wildman–Crippen MR) is 99.7 cm³/mol. The van der Waals surface area contributed by atoms with E-state index in [1.54, 1.807) is 43.5 Å². The van der Waals surface area contributed by atoms with Crippen molar-refractivity contribution in [3.63, 3.8) is 0 Å². The molecule has 0 fully saturated rings. The predicted octanol–water partition coefficient (Wildman–Crippen LogP) is 3.88. The fourth-order valence-corrected chi connectivity index (χ4v) is 3.86. The summed E-state index contributed by atoms with van der Waals surface area (Å²) in [4.78, 5) is 0.225. The zero-order valence-electron chi connectivity index (χ0n) is 15.0. The Labute approximate surface area is 149 Å².